The van der Waals surface area contributed by atoms with Crippen molar-refractivity contribution in [3.05, 3.63) is 76.6 Å². The summed E-state index contributed by atoms with van der Waals surface area (Å²) in [5.41, 5.74) is 5.35. The molecule has 0 spiro atoms. The number of carbonyl (C=O) groups excluding carboxylic acids is 1. The first-order valence-electron chi connectivity index (χ1n) is 10.6. The molecule has 0 N–H and O–H groups in total. The van der Waals surface area contributed by atoms with E-state index >= 15 is 0 Å². The van der Waals surface area contributed by atoms with Gasteiger partial charge in [0.25, 0.3) is 0 Å². The predicted octanol–water partition coefficient (Wildman–Crippen LogP) is 5.19. The zero-order valence-corrected chi connectivity index (χ0v) is 19.7. The zero-order valence-electron chi connectivity index (χ0n) is 18.8. The highest BCUT2D eigenvalue weighted by Gasteiger charge is 2.28. The Morgan fingerprint density at radius 1 is 1.16 bits per heavy atom. The van der Waals surface area contributed by atoms with E-state index in [4.69, 9.17) is 9.47 Å². The fraction of sp³-hybridized carbons (Fsp3) is 0.320. The summed E-state index contributed by atoms with van der Waals surface area (Å²) in [5.74, 6) is 2.43. The number of nitrogens with zero attached hydrogens (tertiary/aromatic N) is 3. The van der Waals surface area contributed by atoms with E-state index in [-0.39, 0.29) is 17.6 Å². The van der Waals surface area contributed by atoms with Crippen LogP contribution in [0, 0.1) is 27.7 Å². The average molecular weight is 450 g/mol. The summed E-state index contributed by atoms with van der Waals surface area (Å²) >= 11 is 1.38. The number of allylic oxidation sites excluding steroid dienone is 1. The van der Waals surface area contributed by atoms with Crippen LogP contribution < -0.4 is 9.47 Å². The third kappa shape index (κ3) is 4.17. The molecule has 1 aliphatic rings. The Morgan fingerprint density at radius 2 is 1.91 bits per heavy atom. The number of ketones is 1. The molecule has 0 aliphatic carbocycles. The van der Waals surface area contributed by atoms with Crippen LogP contribution in [-0.2, 0) is 6.54 Å². The van der Waals surface area contributed by atoms with Crippen molar-refractivity contribution in [2.75, 3.05) is 12.4 Å². The molecule has 0 amide bonds. The van der Waals surface area contributed by atoms with Crippen molar-refractivity contribution >= 4 is 17.5 Å². The molecule has 6 nitrogen and oxygen atoms in total. The van der Waals surface area contributed by atoms with Crippen molar-refractivity contribution in [1.82, 2.24) is 14.8 Å². The van der Waals surface area contributed by atoms with Crippen molar-refractivity contribution in [2.45, 2.75) is 45.5 Å². The Kier molecular flexibility index (Phi) is 6.37. The summed E-state index contributed by atoms with van der Waals surface area (Å²) in [6.07, 6.45) is 1.40. The minimum Gasteiger partial charge on any atom is -0.485 e. The van der Waals surface area contributed by atoms with E-state index in [1.54, 1.807) is 6.08 Å². The van der Waals surface area contributed by atoms with E-state index in [0.29, 0.717) is 29.9 Å². The number of para-hydroxylation sites is 2. The summed E-state index contributed by atoms with van der Waals surface area (Å²) in [7, 11) is 0. The van der Waals surface area contributed by atoms with Crippen molar-refractivity contribution in [1.29, 1.82) is 0 Å². The number of aryl methyl sites for hydroxylation is 1. The van der Waals surface area contributed by atoms with Gasteiger partial charge in [0.2, 0.25) is 0 Å². The number of thioether (sulfide) groups is 1. The van der Waals surface area contributed by atoms with Crippen LogP contribution in [-0.4, -0.2) is 32.9 Å². The van der Waals surface area contributed by atoms with Gasteiger partial charge in [-0.1, -0.05) is 30.0 Å². The van der Waals surface area contributed by atoms with E-state index in [9.17, 15) is 4.79 Å². The molecule has 0 radical (unpaired) electrons. The first kappa shape index (κ1) is 22.1. The van der Waals surface area contributed by atoms with Crippen LogP contribution in [0.4, 0.5) is 0 Å². The SMILES string of the molecule is C=CCn1c(SCC(=O)c2cc(C)c(C)c(C)c2C)nnc1C1COc2ccccc2O1. The molecule has 0 fully saturated rings. The molecule has 166 valence electrons. The monoisotopic (exact) mass is 449 g/mol. The average Bonchev–Trinajstić information content (AvgIpc) is 3.20. The lowest BCUT2D eigenvalue weighted by atomic mass is 9.93. The molecule has 0 saturated carbocycles. The quantitative estimate of drug-likeness (QED) is 0.281. The normalized spacial score (nSPS) is 14.9. The van der Waals surface area contributed by atoms with Gasteiger partial charge < -0.3 is 9.47 Å². The van der Waals surface area contributed by atoms with Crippen LogP contribution >= 0.6 is 11.8 Å². The molecule has 1 aliphatic heterocycles. The van der Waals surface area contributed by atoms with Crippen LogP contribution in [0.3, 0.4) is 0 Å². The van der Waals surface area contributed by atoms with Gasteiger partial charge in [-0.05, 0) is 68.1 Å². The third-order valence-corrected chi connectivity index (χ3v) is 6.93. The Labute approximate surface area is 192 Å². The molecule has 3 aromatic rings. The summed E-state index contributed by atoms with van der Waals surface area (Å²) in [6.45, 7) is 12.9. The third-order valence-electron chi connectivity index (χ3n) is 5.97. The minimum absolute atomic E-state index is 0.0829. The molecular weight excluding hydrogens is 422 g/mol. The van der Waals surface area contributed by atoms with E-state index < -0.39 is 0 Å². The molecule has 2 heterocycles. The molecule has 4 rings (SSSR count). The zero-order chi connectivity index (χ0) is 22.8. The van der Waals surface area contributed by atoms with Gasteiger partial charge in [0.1, 0.15) is 6.61 Å². The van der Waals surface area contributed by atoms with Gasteiger partial charge >= 0.3 is 0 Å². The maximum atomic E-state index is 13.0. The fourth-order valence-corrected chi connectivity index (χ4v) is 4.64. The van der Waals surface area contributed by atoms with Gasteiger partial charge in [-0.25, -0.2) is 0 Å². The van der Waals surface area contributed by atoms with Crippen LogP contribution in [0.1, 0.15) is 44.5 Å². The van der Waals surface area contributed by atoms with Crippen molar-refractivity contribution < 1.29 is 14.3 Å². The first-order chi connectivity index (χ1) is 15.4. The van der Waals surface area contributed by atoms with Crippen LogP contribution in [0.25, 0.3) is 0 Å². The molecule has 1 aromatic heterocycles. The van der Waals surface area contributed by atoms with E-state index in [2.05, 4.69) is 30.6 Å². The van der Waals surface area contributed by atoms with Gasteiger partial charge in [0, 0.05) is 12.1 Å². The minimum atomic E-state index is -0.382. The fourth-order valence-electron chi connectivity index (χ4n) is 3.80. The van der Waals surface area contributed by atoms with Crippen LogP contribution in [0.15, 0.2) is 48.1 Å². The van der Waals surface area contributed by atoms with Crippen LogP contribution in [0.5, 0.6) is 11.5 Å². The van der Waals surface area contributed by atoms with Crippen molar-refractivity contribution in [3.63, 3.8) is 0 Å². The smallest absolute Gasteiger partial charge is 0.192 e. The van der Waals surface area contributed by atoms with Gasteiger partial charge in [-0.15, -0.1) is 16.8 Å². The standard InChI is InChI=1S/C25H27N3O3S/c1-6-11-28-24(23-13-30-21-9-7-8-10-22(21)31-23)26-27-25(28)32-14-20(29)19-12-15(2)16(3)17(4)18(19)5/h6-10,12,23H,1,11,13-14H2,2-5H3. The van der Waals surface area contributed by atoms with Gasteiger partial charge in [-0.3, -0.25) is 9.36 Å². The number of benzene rings is 2. The van der Waals surface area contributed by atoms with E-state index in [1.807, 2.05) is 48.7 Å². The van der Waals surface area contributed by atoms with Crippen molar-refractivity contribution in [3.8, 4) is 11.5 Å². The highest BCUT2D eigenvalue weighted by molar-refractivity contribution is 7.99. The number of aromatic nitrogens is 3. The topological polar surface area (TPSA) is 66.2 Å². The number of hydrogen-bond donors (Lipinski definition) is 0. The molecule has 7 heteroatoms. The summed E-state index contributed by atoms with van der Waals surface area (Å²) < 4.78 is 13.9. The number of rotatable bonds is 7. The summed E-state index contributed by atoms with van der Waals surface area (Å²) in [4.78, 5) is 13.0. The number of fused-ring (bicyclic) bond motifs is 1. The van der Waals surface area contributed by atoms with Gasteiger partial charge in [0.15, 0.2) is 34.4 Å². The number of carbonyl (C=O) groups is 1. The molecule has 1 atom stereocenters. The predicted molar refractivity (Wildman–Crippen MR) is 126 cm³/mol. The van der Waals surface area contributed by atoms with Gasteiger partial charge in [0.05, 0.1) is 5.75 Å². The molecule has 1 unspecified atom stereocenters. The highest BCUT2D eigenvalue weighted by Crippen LogP contribution is 2.36. The highest BCUT2D eigenvalue weighted by atomic mass is 32.2. The van der Waals surface area contributed by atoms with Gasteiger partial charge in [-0.2, -0.15) is 0 Å². The second kappa shape index (κ2) is 9.20. The van der Waals surface area contributed by atoms with Crippen LogP contribution in [0.2, 0.25) is 0 Å². The number of ether oxygens (including phenoxy) is 2. The molecule has 32 heavy (non-hydrogen) atoms. The lowest BCUT2D eigenvalue weighted by Crippen LogP contribution is -2.25. The molecule has 0 saturated heterocycles. The Morgan fingerprint density at radius 3 is 2.66 bits per heavy atom. The second-order valence-corrected chi connectivity index (χ2v) is 8.87. The molecular formula is C25H27N3O3S. The maximum Gasteiger partial charge on any atom is 0.192 e. The second-order valence-electron chi connectivity index (χ2n) is 7.93. The summed E-state index contributed by atoms with van der Waals surface area (Å²) in [6, 6.07) is 9.56. The summed E-state index contributed by atoms with van der Waals surface area (Å²) in [5, 5.41) is 9.37. The Balaban J connectivity index is 1.54. The van der Waals surface area contributed by atoms with E-state index in [0.717, 1.165) is 22.4 Å². The number of hydrogen-bond acceptors (Lipinski definition) is 6. The lowest BCUT2D eigenvalue weighted by molar-refractivity contribution is 0.0821. The molecule has 2 aromatic carbocycles. The van der Waals surface area contributed by atoms with Crippen molar-refractivity contribution in [2.24, 2.45) is 0 Å². The number of Topliss-reactive ketones (excluding diaryl/α,β-unsaturated/α-hetero) is 1. The first-order valence-corrected chi connectivity index (χ1v) is 11.5. The largest absolute Gasteiger partial charge is 0.485 e. The maximum absolute atomic E-state index is 13.0. The molecule has 0 bridgehead atoms. The van der Waals surface area contributed by atoms with E-state index in [1.165, 1.54) is 22.9 Å². The Hall–Kier alpha value is -3.06. The Bertz CT molecular complexity index is 1190. The lowest BCUT2D eigenvalue weighted by Gasteiger charge is -2.26.